The van der Waals surface area contributed by atoms with E-state index in [0.717, 1.165) is 17.5 Å². The number of nitrogens with two attached hydrogens (primary N) is 1. The number of rotatable bonds is 3. The van der Waals surface area contributed by atoms with Crippen LogP contribution in [-0.4, -0.2) is 0 Å². The van der Waals surface area contributed by atoms with Crippen LogP contribution in [0.1, 0.15) is 53.0 Å². The molecule has 0 radical (unpaired) electrons. The van der Waals surface area contributed by atoms with Crippen molar-refractivity contribution in [3.8, 4) is 0 Å². The molecule has 1 heteroatoms. The second-order valence-corrected chi connectivity index (χ2v) is 6.51. The van der Waals surface area contributed by atoms with Gasteiger partial charge in [-0.05, 0) is 84.3 Å². The molecule has 2 N–H and O–H groups in total. The normalized spacial score (nSPS) is 27.9. The Morgan fingerprint density at radius 1 is 1.42 bits per heavy atom. The minimum absolute atomic E-state index is 0.638. The fraction of sp³-hybridized carbons (Fsp3) is 0.444. The molecule has 0 aromatic heterocycles. The first-order valence-electron chi connectivity index (χ1n) is 7.45. The molecule has 0 saturated heterocycles. The fourth-order valence-electron chi connectivity index (χ4n) is 3.80. The molecule has 2 unspecified atom stereocenters. The van der Waals surface area contributed by atoms with Gasteiger partial charge in [-0.3, -0.25) is 0 Å². The monoisotopic (exact) mass is 251 g/mol. The van der Waals surface area contributed by atoms with Crippen LogP contribution in [0.5, 0.6) is 0 Å². The van der Waals surface area contributed by atoms with Gasteiger partial charge in [-0.1, -0.05) is 18.7 Å². The molecular formula is C18H21N. The second kappa shape index (κ2) is 3.75. The standard InChI is InChI=1S/C18H21N/c1-3-11-6-14-7-13-8-16(13)18(14)10(2)15(11)9-17(19)12-4-5-12/h3,6,9,12-13,16H,1,4-5,7-8,19H2,2H3/b17-9-. The van der Waals surface area contributed by atoms with Crippen molar-refractivity contribution in [3.05, 3.63) is 46.2 Å². The molecule has 1 aromatic carbocycles. The quantitative estimate of drug-likeness (QED) is 0.863. The molecular weight excluding hydrogens is 230 g/mol. The molecule has 0 amide bonds. The number of fused-ring (bicyclic) bond motifs is 3. The highest BCUT2D eigenvalue weighted by molar-refractivity contribution is 5.72. The van der Waals surface area contributed by atoms with E-state index in [4.69, 9.17) is 5.73 Å². The van der Waals surface area contributed by atoms with Gasteiger partial charge in [-0.25, -0.2) is 0 Å². The molecule has 1 aromatic rings. The molecule has 0 heterocycles. The summed E-state index contributed by atoms with van der Waals surface area (Å²) in [6, 6.07) is 2.35. The molecule has 4 rings (SSSR count). The van der Waals surface area contributed by atoms with Gasteiger partial charge >= 0.3 is 0 Å². The van der Waals surface area contributed by atoms with Gasteiger partial charge in [-0.15, -0.1) is 0 Å². The van der Waals surface area contributed by atoms with Gasteiger partial charge in [0.25, 0.3) is 0 Å². The van der Waals surface area contributed by atoms with Gasteiger partial charge in [-0.2, -0.15) is 0 Å². The Hall–Kier alpha value is -1.50. The van der Waals surface area contributed by atoms with Crippen molar-refractivity contribution in [1.82, 2.24) is 0 Å². The summed E-state index contributed by atoms with van der Waals surface area (Å²) in [6.45, 7) is 6.26. The molecule has 0 aliphatic heterocycles. The second-order valence-electron chi connectivity index (χ2n) is 6.51. The van der Waals surface area contributed by atoms with Crippen LogP contribution in [0.4, 0.5) is 0 Å². The summed E-state index contributed by atoms with van der Waals surface area (Å²) >= 11 is 0. The molecule has 19 heavy (non-hydrogen) atoms. The first-order chi connectivity index (χ1) is 9.19. The minimum Gasteiger partial charge on any atom is -0.402 e. The first kappa shape index (κ1) is 11.3. The van der Waals surface area contributed by atoms with E-state index in [9.17, 15) is 0 Å². The zero-order valence-electron chi connectivity index (χ0n) is 11.6. The Kier molecular flexibility index (Phi) is 2.24. The molecule has 3 aliphatic carbocycles. The molecule has 3 aliphatic rings. The van der Waals surface area contributed by atoms with Gasteiger partial charge in [0.1, 0.15) is 0 Å². The van der Waals surface area contributed by atoms with Gasteiger partial charge in [0.2, 0.25) is 0 Å². The fourth-order valence-corrected chi connectivity index (χ4v) is 3.80. The van der Waals surface area contributed by atoms with Crippen molar-refractivity contribution in [1.29, 1.82) is 0 Å². The Balaban J connectivity index is 1.86. The molecule has 0 spiro atoms. The maximum absolute atomic E-state index is 6.22. The lowest BCUT2D eigenvalue weighted by molar-refractivity contribution is 0.856. The van der Waals surface area contributed by atoms with E-state index in [1.807, 2.05) is 6.08 Å². The summed E-state index contributed by atoms with van der Waals surface area (Å²) < 4.78 is 0. The van der Waals surface area contributed by atoms with Crippen LogP contribution >= 0.6 is 0 Å². The number of benzene rings is 1. The predicted molar refractivity (Wildman–Crippen MR) is 80.7 cm³/mol. The molecule has 0 bridgehead atoms. The van der Waals surface area contributed by atoms with Crippen molar-refractivity contribution >= 4 is 12.2 Å². The van der Waals surface area contributed by atoms with Crippen molar-refractivity contribution in [3.63, 3.8) is 0 Å². The zero-order valence-corrected chi connectivity index (χ0v) is 11.6. The van der Waals surface area contributed by atoms with Crippen LogP contribution in [0.3, 0.4) is 0 Å². The van der Waals surface area contributed by atoms with Crippen molar-refractivity contribution in [2.45, 2.75) is 38.5 Å². The molecule has 2 saturated carbocycles. The van der Waals surface area contributed by atoms with Gasteiger partial charge in [0.05, 0.1) is 0 Å². The van der Waals surface area contributed by atoms with E-state index in [1.165, 1.54) is 42.4 Å². The van der Waals surface area contributed by atoms with Crippen LogP contribution in [0.25, 0.3) is 12.2 Å². The van der Waals surface area contributed by atoms with E-state index in [2.05, 4.69) is 25.6 Å². The molecule has 2 fully saturated rings. The Morgan fingerprint density at radius 3 is 2.89 bits per heavy atom. The Bertz CT molecular complexity index is 605. The highest BCUT2D eigenvalue weighted by Gasteiger charge is 2.46. The third-order valence-electron chi connectivity index (χ3n) is 5.15. The largest absolute Gasteiger partial charge is 0.402 e. The van der Waals surface area contributed by atoms with Gasteiger partial charge < -0.3 is 5.73 Å². The lowest BCUT2D eigenvalue weighted by Gasteiger charge is -2.15. The lowest BCUT2D eigenvalue weighted by Crippen LogP contribution is -2.02. The van der Waals surface area contributed by atoms with E-state index in [1.54, 1.807) is 11.1 Å². The van der Waals surface area contributed by atoms with E-state index in [-0.39, 0.29) is 0 Å². The highest BCUT2D eigenvalue weighted by Crippen LogP contribution is 2.58. The Morgan fingerprint density at radius 2 is 2.21 bits per heavy atom. The third kappa shape index (κ3) is 1.68. The van der Waals surface area contributed by atoms with Crippen molar-refractivity contribution in [2.75, 3.05) is 0 Å². The summed E-state index contributed by atoms with van der Waals surface area (Å²) in [6.07, 6.45) is 9.43. The average molecular weight is 251 g/mol. The summed E-state index contributed by atoms with van der Waals surface area (Å²) in [5.74, 6) is 2.42. The molecule has 98 valence electrons. The average Bonchev–Trinajstić information content (AvgIpc) is 3.30. The lowest BCUT2D eigenvalue weighted by atomic mass is 9.90. The molecule has 1 nitrogen and oxygen atoms in total. The van der Waals surface area contributed by atoms with Gasteiger partial charge in [0.15, 0.2) is 0 Å². The molecule has 2 atom stereocenters. The maximum Gasteiger partial charge on any atom is 0.0118 e. The highest BCUT2D eigenvalue weighted by atomic mass is 14.6. The maximum atomic E-state index is 6.22. The van der Waals surface area contributed by atoms with Crippen LogP contribution in [-0.2, 0) is 6.42 Å². The third-order valence-corrected chi connectivity index (χ3v) is 5.15. The summed E-state index contributed by atoms with van der Waals surface area (Å²) in [5, 5.41) is 0. The van der Waals surface area contributed by atoms with E-state index < -0.39 is 0 Å². The zero-order chi connectivity index (χ0) is 13.1. The van der Waals surface area contributed by atoms with Crippen LogP contribution in [0.2, 0.25) is 0 Å². The summed E-state index contributed by atoms with van der Waals surface area (Å²) in [4.78, 5) is 0. The van der Waals surface area contributed by atoms with Crippen LogP contribution in [0, 0.1) is 18.8 Å². The summed E-state index contributed by atoms with van der Waals surface area (Å²) in [7, 11) is 0. The summed E-state index contributed by atoms with van der Waals surface area (Å²) in [5.41, 5.74) is 14.5. The van der Waals surface area contributed by atoms with Crippen molar-refractivity contribution < 1.29 is 0 Å². The van der Waals surface area contributed by atoms with Crippen LogP contribution < -0.4 is 5.73 Å². The Labute approximate surface area is 115 Å². The number of allylic oxidation sites excluding steroid dienone is 1. The van der Waals surface area contributed by atoms with Crippen LogP contribution in [0.15, 0.2) is 18.3 Å². The van der Waals surface area contributed by atoms with E-state index >= 15 is 0 Å². The SMILES string of the molecule is C=Cc1cc2c(c(C)c1/C=C(\N)C1CC1)C1CC1C2. The number of hydrogen-bond donors (Lipinski definition) is 1. The minimum atomic E-state index is 0.638. The smallest absolute Gasteiger partial charge is 0.0118 e. The first-order valence-corrected chi connectivity index (χ1v) is 7.45. The predicted octanol–water partition coefficient (Wildman–Crippen LogP) is 4.01. The van der Waals surface area contributed by atoms with Gasteiger partial charge in [0, 0.05) is 5.70 Å². The topological polar surface area (TPSA) is 26.0 Å². The number of hydrogen-bond acceptors (Lipinski definition) is 1. The van der Waals surface area contributed by atoms with Crippen molar-refractivity contribution in [2.24, 2.45) is 17.6 Å². The van der Waals surface area contributed by atoms with E-state index in [0.29, 0.717) is 5.92 Å².